The van der Waals surface area contributed by atoms with E-state index in [1.165, 1.54) is 0 Å². The summed E-state index contributed by atoms with van der Waals surface area (Å²) in [6.45, 7) is 8.33. The number of nitrogens with zero attached hydrogens (tertiary/aromatic N) is 3. The van der Waals surface area contributed by atoms with E-state index in [0.29, 0.717) is 18.9 Å². The molecule has 1 N–H and O–H groups in total. The number of morpholine rings is 1. The lowest BCUT2D eigenvalue weighted by atomic mass is 9.95. The standard InChI is InChI=1S/C18H32N4O3/c1-19-13-15-2-4-21(5-3-15)18(24)16-12-17(23)22(14-16)7-6-20-8-10-25-11-9-20/h15-16,19H,2-14H2,1H3. The summed E-state index contributed by atoms with van der Waals surface area (Å²) in [7, 11) is 1.98. The zero-order valence-corrected chi connectivity index (χ0v) is 15.4. The lowest BCUT2D eigenvalue weighted by Crippen LogP contribution is -2.44. The summed E-state index contributed by atoms with van der Waals surface area (Å²) in [5.74, 6) is 0.851. The van der Waals surface area contributed by atoms with Crippen molar-refractivity contribution in [1.82, 2.24) is 20.0 Å². The van der Waals surface area contributed by atoms with Crippen LogP contribution < -0.4 is 5.32 Å². The maximum atomic E-state index is 12.8. The Morgan fingerprint density at radius 2 is 1.88 bits per heavy atom. The highest BCUT2D eigenvalue weighted by Crippen LogP contribution is 2.23. The van der Waals surface area contributed by atoms with Crippen molar-refractivity contribution < 1.29 is 14.3 Å². The van der Waals surface area contributed by atoms with Gasteiger partial charge in [-0.1, -0.05) is 0 Å². The zero-order valence-electron chi connectivity index (χ0n) is 15.4. The van der Waals surface area contributed by atoms with Gasteiger partial charge in [0.1, 0.15) is 0 Å². The molecule has 7 nitrogen and oxygen atoms in total. The van der Waals surface area contributed by atoms with E-state index in [1.54, 1.807) is 0 Å². The van der Waals surface area contributed by atoms with Gasteiger partial charge in [-0.2, -0.15) is 0 Å². The molecule has 3 aliphatic heterocycles. The molecule has 0 bridgehead atoms. The topological polar surface area (TPSA) is 65.1 Å². The lowest BCUT2D eigenvalue weighted by molar-refractivity contribution is -0.137. The first-order valence-electron chi connectivity index (χ1n) is 9.68. The minimum Gasteiger partial charge on any atom is -0.379 e. The molecule has 0 spiro atoms. The van der Waals surface area contributed by atoms with Crippen molar-refractivity contribution in [3.8, 4) is 0 Å². The van der Waals surface area contributed by atoms with Gasteiger partial charge in [-0.3, -0.25) is 14.5 Å². The molecular formula is C18H32N4O3. The van der Waals surface area contributed by atoms with Crippen molar-refractivity contribution >= 4 is 11.8 Å². The van der Waals surface area contributed by atoms with E-state index < -0.39 is 0 Å². The summed E-state index contributed by atoms with van der Waals surface area (Å²) in [5.41, 5.74) is 0. The second-order valence-corrected chi connectivity index (χ2v) is 7.52. The van der Waals surface area contributed by atoms with Crippen LogP contribution in [0.4, 0.5) is 0 Å². The molecule has 3 heterocycles. The van der Waals surface area contributed by atoms with E-state index in [2.05, 4.69) is 10.2 Å². The normalized spacial score (nSPS) is 26.4. The molecule has 3 saturated heterocycles. The molecule has 0 aromatic heterocycles. The molecule has 2 amide bonds. The Morgan fingerprint density at radius 1 is 1.16 bits per heavy atom. The minimum atomic E-state index is -0.141. The van der Waals surface area contributed by atoms with Gasteiger partial charge in [-0.25, -0.2) is 0 Å². The van der Waals surface area contributed by atoms with Crippen LogP contribution in [-0.4, -0.2) is 99.1 Å². The summed E-state index contributed by atoms with van der Waals surface area (Å²) in [6, 6.07) is 0. The van der Waals surface area contributed by atoms with Gasteiger partial charge in [-0.15, -0.1) is 0 Å². The smallest absolute Gasteiger partial charge is 0.227 e. The molecule has 0 aromatic carbocycles. The summed E-state index contributed by atoms with van der Waals surface area (Å²) in [4.78, 5) is 31.2. The van der Waals surface area contributed by atoms with Crippen molar-refractivity contribution in [1.29, 1.82) is 0 Å². The van der Waals surface area contributed by atoms with Crippen LogP contribution in [0.25, 0.3) is 0 Å². The van der Waals surface area contributed by atoms with Crippen molar-refractivity contribution in [3.63, 3.8) is 0 Å². The second kappa shape index (κ2) is 8.96. The van der Waals surface area contributed by atoms with Crippen molar-refractivity contribution in [2.45, 2.75) is 19.3 Å². The van der Waals surface area contributed by atoms with Crippen LogP contribution >= 0.6 is 0 Å². The highest BCUT2D eigenvalue weighted by molar-refractivity contribution is 5.89. The van der Waals surface area contributed by atoms with Crippen molar-refractivity contribution in [2.75, 3.05) is 72.6 Å². The van der Waals surface area contributed by atoms with Crippen molar-refractivity contribution in [2.24, 2.45) is 11.8 Å². The molecule has 0 saturated carbocycles. The van der Waals surface area contributed by atoms with E-state index >= 15 is 0 Å². The van der Waals surface area contributed by atoms with Gasteiger partial charge in [0, 0.05) is 52.2 Å². The van der Waals surface area contributed by atoms with E-state index in [9.17, 15) is 9.59 Å². The summed E-state index contributed by atoms with van der Waals surface area (Å²) < 4.78 is 5.35. The fourth-order valence-corrected chi connectivity index (χ4v) is 4.14. The maximum absolute atomic E-state index is 12.8. The second-order valence-electron chi connectivity index (χ2n) is 7.52. The molecule has 0 radical (unpaired) electrons. The number of piperidine rings is 1. The third kappa shape index (κ3) is 4.92. The summed E-state index contributed by atoms with van der Waals surface area (Å²) >= 11 is 0. The SMILES string of the molecule is CNCC1CCN(C(=O)C2CC(=O)N(CCN3CCOCC3)C2)CC1. The Bertz CT molecular complexity index is 459. The predicted molar refractivity (Wildman–Crippen MR) is 95.2 cm³/mol. The molecule has 3 rings (SSSR count). The fourth-order valence-electron chi connectivity index (χ4n) is 4.14. The third-order valence-electron chi connectivity index (χ3n) is 5.77. The van der Waals surface area contributed by atoms with Gasteiger partial charge in [0.2, 0.25) is 11.8 Å². The van der Waals surface area contributed by atoms with Gasteiger partial charge in [-0.05, 0) is 32.4 Å². The molecule has 1 atom stereocenters. The van der Waals surface area contributed by atoms with E-state index in [1.807, 2.05) is 16.8 Å². The quantitative estimate of drug-likeness (QED) is 0.706. The van der Waals surface area contributed by atoms with Crippen LogP contribution in [0.1, 0.15) is 19.3 Å². The predicted octanol–water partition coefficient (Wildman–Crippen LogP) is -0.375. The molecule has 142 valence electrons. The first kappa shape index (κ1) is 18.6. The number of hydrogen-bond acceptors (Lipinski definition) is 5. The number of rotatable bonds is 6. The van der Waals surface area contributed by atoms with Crippen LogP contribution in [0, 0.1) is 11.8 Å². The van der Waals surface area contributed by atoms with E-state index in [4.69, 9.17) is 4.74 Å². The van der Waals surface area contributed by atoms with E-state index in [0.717, 1.165) is 71.9 Å². The number of likely N-dealkylation sites (tertiary alicyclic amines) is 2. The first-order valence-corrected chi connectivity index (χ1v) is 9.68. The van der Waals surface area contributed by atoms with Crippen LogP contribution in [0.5, 0.6) is 0 Å². The monoisotopic (exact) mass is 352 g/mol. The largest absolute Gasteiger partial charge is 0.379 e. The average Bonchev–Trinajstić information content (AvgIpc) is 3.02. The summed E-state index contributed by atoms with van der Waals surface area (Å²) in [6.07, 6.45) is 2.51. The van der Waals surface area contributed by atoms with Gasteiger partial charge >= 0.3 is 0 Å². The summed E-state index contributed by atoms with van der Waals surface area (Å²) in [5, 5.41) is 3.22. The molecule has 25 heavy (non-hydrogen) atoms. The molecule has 3 aliphatic rings. The van der Waals surface area contributed by atoms with Crippen LogP contribution in [0.2, 0.25) is 0 Å². The molecule has 0 aromatic rings. The molecule has 3 fully saturated rings. The molecule has 7 heteroatoms. The highest BCUT2D eigenvalue weighted by atomic mass is 16.5. The van der Waals surface area contributed by atoms with Gasteiger partial charge in [0.25, 0.3) is 0 Å². The fraction of sp³-hybridized carbons (Fsp3) is 0.889. The first-order chi connectivity index (χ1) is 12.2. The Labute approximate surface area is 150 Å². The van der Waals surface area contributed by atoms with Crippen LogP contribution in [-0.2, 0) is 14.3 Å². The molecular weight excluding hydrogens is 320 g/mol. The van der Waals surface area contributed by atoms with Gasteiger partial charge in [0.15, 0.2) is 0 Å². The number of carbonyl (C=O) groups is 2. The van der Waals surface area contributed by atoms with Gasteiger partial charge in [0.05, 0.1) is 19.1 Å². The Balaban J connectivity index is 1.42. The Kier molecular flexibility index (Phi) is 6.67. The number of ether oxygens (including phenoxy) is 1. The minimum absolute atomic E-state index is 0.136. The number of amides is 2. The van der Waals surface area contributed by atoms with Crippen LogP contribution in [0.15, 0.2) is 0 Å². The zero-order chi connectivity index (χ0) is 17.6. The Morgan fingerprint density at radius 3 is 2.56 bits per heavy atom. The number of hydrogen-bond donors (Lipinski definition) is 1. The highest BCUT2D eigenvalue weighted by Gasteiger charge is 2.37. The van der Waals surface area contributed by atoms with E-state index in [-0.39, 0.29) is 17.7 Å². The molecule has 0 aliphatic carbocycles. The third-order valence-corrected chi connectivity index (χ3v) is 5.77. The number of nitrogens with one attached hydrogen (secondary N) is 1. The molecule has 1 unspecified atom stereocenters. The Hall–Kier alpha value is -1.18. The van der Waals surface area contributed by atoms with Crippen molar-refractivity contribution in [3.05, 3.63) is 0 Å². The lowest BCUT2D eigenvalue weighted by Gasteiger charge is -2.33. The van der Waals surface area contributed by atoms with Crippen LogP contribution in [0.3, 0.4) is 0 Å². The number of carbonyl (C=O) groups excluding carboxylic acids is 2. The average molecular weight is 352 g/mol. The van der Waals surface area contributed by atoms with Gasteiger partial charge < -0.3 is 19.9 Å². The maximum Gasteiger partial charge on any atom is 0.227 e.